The van der Waals surface area contributed by atoms with Gasteiger partial charge in [-0.3, -0.25) is 4.98 Å². The molecule has 0 atom stereocenters. The van der Waals surface area contributed by atoms with Crippen molar-refractivity contribution >= 4 is 16.6 Å². The first kappa shape index (κ1) is 12.9. The zero-order valence-corrected chi connectivity index (χ0v) is 12.7. The van der Waals surface area contributed by atoms with E-state index in [-0.39, 0.29) is 0 Å². The molecular formula is C19H17N3O. The molecule has 2 aromatic heterocycles. The minimum Gasteiger partial charge on any atom is -0.492 e. The van der Waals surface area contributed by atoms with Crippen LogP contribution in [0.15, 0.2) is 42.9 Å². The number of allylic oxidation sites excluding steroid dienone is 1. The maximum Gasteiger partial charge on any atom is 0.138 e. The maximum absolute atomic E-state index is 5.89. The lowest BCUT2D eigenvalue weighted by atomic mass is 10.0. The highest BCUT2D eigenvalue weighted by atomic mass is 16.5. The zero-order chi connectivity index (χ0) is 15.2. The molecule has 1 aromatic carbocycles. The van der Waals surface area contributed by atoms with Gasteiger partial charge in [0, 0.05) is 12.0 Å². The summed E-state index contributed by atoms with van der Waals surface area (Å²) in [5, 5.41) is 0. The Balaban J connectivity index is 1.49. The molecule has 23 heavy (non-hydrogen) atoms. The van der Waals surface area contributed by atoms with Crippen LogP contribution in [0.2, 0.25) is 0 Å². The highest BCUT2D eigenvalue weighted by Gasteiger charge is 2.23. The van der Waals surface area contributed by atoms with Gasteiger partial charge in [-0.15, -0.1) is 0 Å². The van der Waals surface area contributed by atoms with Gasteiger partial charge in [-0.25, -0.2) is 4.98 Å². The van der Waals surface area contributed by atoms with E-state index in [0.717, 1.165) is 41.4 Å². The minimum absolute atomic E-state index is 0.751. The number of imidazole rings is 1. The van der Waals surface area contributed by atoms with E-state index in [1.54, 1.807) is 6.33 Å². The van der Waals surface area contributed by atoms with E-state index in [4.69, 9.17) is 4.74 Å². The van der Waals surface area contributed by atoms with Crippen LogP contribution in [-0.2, 0) is 6.42 Å². The van der Waals surface area contributed by atoms with Crippen LogP contribution >= 0.6 is 0 Å². The molecule has 3 aromatic rings. The van der Waals surface area contributed by atoms with Crippen LogP contribution in [0, 0.1) is 5.92 Å². The van der Waals surface area contributed by atoms with Crippen LogP contribution in [0.1, 0.15) is 29.7 Å². The Morgan fingerprint density at radius 2 is 2.13 bits per heavy atom. The molecular weight excluding hydrogens is 286 g/mol. The second-order valence-electron chi connectivity index (χ2n) is 6.38. The monoisotopic (exact) mass is 303 g/mol. The largest absolute Gasteiger partial charge is 0.492 e. The van der Waals surface area contributed by atoms with Crippen molar-refractivity contribution in [1.29, 1.82) is 0 Å². The van der Waals surface area contributed by atoms with Crippen molar-refractivity contribution in [2.45, 2.75) is 19.3 Å². The van der Waals surface area contributed by atoms with Crippen molar-refractivity contribution in [3.8, 4) is 5.75 Å². The van der Waals surface area contributed by atoms with Crippen molar-refractivity contribution < 1.29 is 4.74 Å². The second kappa shape index (κ2) is 4.95. The molecule has 0 amide bonds. The number of ether oxygens (including phenoxy) is 1. The first-order valence-corrected chi connectivity index (χ1v) is 8.12. The molecule has 5 rings (SSSR count). The molecule has 2 aliphatic rings. The van der Waals surface area contributed by atoms with Gasteiger partial charge >= 0.3 is 0 Å². The summed E-state index contributed by atoms with van der Waals surface area (Å²) in [4.78, 5) is 12.1. The maximum atomic E-state index is 5.89. The fraction of sp³-hybridized carbons (Fsp3) is 0.263. The Kier molecular flexibility index (Phi) is 2.77. The number of pyridine rings is 1. The van der Waals surface area contributed by atoms with Crippen LogP contribution in [0.25, 0.3) is 16.6 Å². The smallest absolute Gasteiger partial charge is 0.138 e. The van der Waals surface area contributed by atoms with Crippen molar-refractivity contribution in [3.63, 3.8) is 0 Å². The summed E-state index contributed by atoms with van der Waals surface area (Å²) in [5.74, 6) is 1.63. The number of nitrogens with one attached hydrogen (secondary N) is 1. The number of fused-ring (bicyclic) bond motifs is 2. The van der Waals surface area contributed by atoms with E-state index < -0.39 is 0 Å². The van der Waals surface area contributed by atoms with E-state index in [9.17, 15) is 0 Å². The molecule has 0 bridgehead atoms. The summed E-state index contributed by atoms with van der Waals surface area (Å²) in [7, 11) is 0. The Morgan fingerprint density at radius 3 is 3.04 bits per heavy atom. The fourth-order valence-electron chi connectivity index (χ4n) is 3.13. The van der Waals surface area contributed by atoms with Crippen LogP contribution in [0.5, 0.6) is 5.75 Å². The minimum atomic E-state index is 0.751. The number of aromatic nitrogens is 3. The van der Waals surface area contributed by atoms with E-state index >= 15 is 0 Å². The SMILES string of the molecule is C1=C(c2ccc3nc[nH]c3c2)c2cc(OCC3CC3)cnc2C1. The van der Waals surface area contributed by atoms with Crippen LogP contribution in [-0.4, -0.2) is 21.6 Å². The van der Waals surface area contributed by atoms with E-state index in [0.29, 0.717) is 0 Å². The van der Waals surface area contributed by atoms with Crippen LogP contribution < -0.4 is 4.74 Å². The van der Waals surface area contributed by atoms with Gasteiger partial charge in [-0.05, 0) is 48.1 Å². The molecule has 114 valence electrons. The lowest BCUT2D eigenvalue weighted by Crippen LogP contribution is -2.01. The van der Waals surface area contributed by atoms with Gasteiger partial charge < -0.3 is 9.72 Å². The number of hydrogen-bond donors (Lipinski definition) is 1. The van der Waals surface area contributed by atoms with Crippen molar-refractivity contribution in [1.82, 2.24) is 15.0 Å². The van der Waals surface area contributed by atoms with Gasteiger partial charge in [0.1, 0.15) is 5.75 Å². The normalized spacial score (nSPS) is 16.4. The first-order chi connectivity index (χ1) is 11.4. The van der Waals surface area contributed by atoms with Crippen LogP contribution in [0.3, 0.4) is 0 Å². The third-order valence-corrected chi connectivity index (χ3v) is 4.65. The summed E-state index contributed by atoms with van der Waals surface area (Å²) in [6, 6.07) is 8.48. The van der Waals surface area contributed by atoms with Gasteiger partial charge in [0.2, 0.25) is 0 Å². The average molecular weight is 303 g/mol. The molecule has 0 aliphatic heterocycles. The number of H-pyrrole nitrogens is 1. The Hall–Kier alpha value is -2.62. The third kappa shape index (κ3) is 2.31. The third-order valence-electron chi connectivity index (χ3n) is 4.65. The van der Waals surface area contributed by atoms with Gasteiger partial charge in [-0.2, -0.15) is 0 Å². The van der Waals surface area contributed by atoms with E-state index in [1.165, 1.54) is 29.5 Å². The average Bonchev–Trinajstić information content (AvgIpc) is 3.13. The predicted octanol–water partition coefficient (Wildman–Crippen LogP) is 3.73. The Morgan fingerprint density at radius 1 is 1.17 bits per heavy atom. The van der Waals surface area contributed by atoms with Gasteiger partial charge in [0.05, 0.1) is 35.9 Å². The first-order valence-electron chi connectivity index (χ1n) is 8.12. The van der Waals surface area contributed by atoms with Crippen molar-refractivity contribution in [2.75, 3.05) is 6.61 Å². The molecule has 1 saturated carbocycles. The predicted molar refractivity (Wildman–Crippen MR) is 89.3 cm³/mol. The topological polar surface area (TPSA) is 50.8 Å². The molecule has 0 saturated heterocycles. The van der Waals surface area contributed by atoms with Crippen molar-refractivity contribution in [3.05, 3.63) is 59.7 Å². The highest BCUT2D eigenvalue weighted by Crippen LogP contribution is 2.35. The number of hydrogen-bond acceptors (Lipinski definition) is 3. The lowest BCUT2D eigenvalue weighted by molar-refractivity contribution is 0.298. The summed E-state index contributed by atoms with van der Waals surface area (Å²) in [6.45, 7) is 0.819. The summed E-state index contributed by atoms with van der Waals surface area (Å²) < 4.78 is 5.89. The highest BCUT2D eigenvalue weighted by molar-refractivity contribution is 5.88. The molecule has 0 radical (unpaired) electrons. The summed E-state index contributed by atoms with van der Waals surface area (Å²) >= 11 is 0. The molecule has 2 aliphatic carbocycles. The quantitative estimate of drug-likeness (QED) is 0.799. The summed E-state index contributed by atoms with van der Waals surface area (Å²) in [6.07, 6.45) is 9.32. The molecule has 0 unspecified atom stereocenters. The molecule has 4 heteroatoms. The number of nitrogens with zero attached hydrogens (tertiary/aromatic N) is 2. The van der Waals surface area contributed by atoms with E-state index in [1.807, 2.05) is 6.20 Å². The number of benzene rings is 1. The lowest BCUT2D eigenvalue weighted by Gasteiger charge is -2.10. The Labute approximate surface area is 134 Å². The number of rotatable bonds is 4. The standard InChI is InChI=1S/C19H17N3O/c1-2-12(1)10-23-14-8-16-15(4-6-17(16)20-9-14)13-3-5-18-19(7-13)22-11-21-18/h3-5,7-9,11-12H,1-2,6,10H2,(H,21,22). The van der Waals surface area contributed by atoms with Crippen LogP contribution in [0.4, 0.5) is 0 Å². The molecule has 2 heterocycles. The fourth-order valence-corrected chi connectivity index (χ4v) is 3.13. The second-order valence-corrected chi connectivity index (χ2v) is 6.38. The molecule has 1 fully saturated rings. The zero-order valence-electron chi connectivity index (χ0n) is 12.7. The molecule has 4 nitrogen and oxygen atoms in total. The summed E-state index contributed by atoms with van der Waals surface area (Å²) in [5.41, 5.74) is 6.81. The number of aromatic amines is 1. The van der Waals surface area contributed by atoms with E-state index in [2.05, 4.69) is 45.3 Å². The van der Waals surface area contributed by atoms with Gasteiger partial charge in [0.15, 0.2) is 0 Å². The molecule has 0 spiro atoms. The van der Waals surface area contributed by atoms with Gasteiger partial charge in [0.25, 0.3) is 0 Å². The van der Waals surface area contributed by atoms with Crippen molar-refractivity contribution in [2.24, 2.45) is 5.92 Å². The van der Waals surface area contributed by atoms with Gasteiger partial charge in [-0.1, -0.05) is 12.1 Å². The Bertz CT molecular complexity index is 921. The molecule has 1 N–H and O–H groups in total.